The van der Waals surface area contributed by atoms with E-state index >= 15 is 0 Å². The van der Waals surface area contributed by atoms with Crippen LogP contribution >= 0.6 is 0 Å². The van der Waals surface area contributed by atoms with Gasteiger partial charge in [-0.1, -0.05) is 12.1 Å². The fourth-order valence-electron chi connectivity index (χ4n) is 1.05. The van der Waals surface area contributed by atoms with Crippen LogP contribution in [0, 0.1) is 23.0 Å². The second-order valence-corrected chi connectivity index (χ2v) is 3.34. The van der Waals surface area contributed by atoms with E-state index in [0.717, 1.165) is 6.07 Å². The molecule has 0 amide bonds. The van der Waals surface area contributed by atoms with Gasteiger partial charge in [0.15, 0.2) is 11.6 Å². The van der Waals surface area contributed by atoms with Gasteiger partial charge in [-0.2, -0.15) is 5.26 Å². The third-order valence-corrected chi connectivity index (χ3v) is 1.90. The molecule has 1 rings (SSSR count). The van der Waals surface area contributed by atoms with Gasteiger partial charge in [0.25, 0.3) is 0 Å². The SMILES string of the molecule is CC(C)(C#N)c1cccc(F)c1F. The van der Waals surface area contributed by atoms with Crippen molar-refractivity contribution in [1.29, 1.82) is 5.26 Å². The topological polar surface area (TPSA) is 23.8 Å². The second kappa shape index (κ2) is 3.14. The molecule has 1 nitrogen and oxygen atoms in total. The van der Waals surface area contributed by atoms with Gasteiger partial charge in [-0.3, -0.25) is 0 Å². The van der Waals surface area contributed by atoms with Crippen LogP contribution in [0.5, 0.6) is 0 Å². The number of nitrogens with zero attached hydrogens (tertiary/aromatic N) is 1. The van der Waals surface area contributed by atoms with Crippen molar-refractivity contribution < 1.29 is 8.78 Å². The van der Waals surface area contributed by atoms with E-state index < -0.39 is 17.0 Å². The van der Waals surface area contributed by atoms with Crippen molar-refractivity contribution in [2.45, 2.75) is 19.3 Å². The van der Waals surface area contributed by atoms with Gasteiger partial charge in [0, 0.05) is 5.56 Å². The summed E-state index contributed by atoms with van der Waals surface area (Å²) in [5, 5.41) is 8.72. The summed E-state index contributed by atoms with van der Waals surface area (Å²) in [5.41, 5.74) is -0.901. The molecule has 0 unspecified atom stereocenters. The Hall–Kier alpha value is -1.43. The molecule has 0 heterocycles. The number of halogens is 2. The first-order valence-corrected chi connectivity index (χ1v) is 3.85. The first-order valence-electron chi connectivity index (χ1n) is 3.85. The summed E-state index contributed by atoms with van der Waals surface area (Å²) < 4.78 is 25.9. The molecule has 0 bridgehead atoms. The Balaban J connectivity index is 3.33. The maximum atomic E-state index is 13.2. The smallest absolute Gasteiger partial charge is 0.163 e. The zero-order chi connectivity index (χ0) is 10.1. The minimum absolute atomic E-state index is 0.0926. The van der Waals surface area contributed by atoms with E-state index in [1.165, 1.54) is 12.1 Å². The highest BCUT2D eigenvalue weighted by Crippen LogP contribution is 2.25. The molecule has 1 aromatic carbocycles. The summed E-state index contributed by atoms with van der Waals surface area (Å²) in [4.78, 5) is 0. The van der Waals surface area contributed by atoms with Gasteiger partial charge in [-0.25, -0.2) is 8.78 Å². The van der Waals surface area contributed by atoms with E-state index in [2.05, 4.69) is 0 Å². The molecule has 0 aliphatic rings. The van der Waals surface area contributed by atoms with Crippen molar-refractivity contribution in [3.8, 4) is 6.07 Å². The van der Waals surface area contributed by atoms with Gasteiger partial charge in [0.1, 0.15) is 0 Å². The van der Waals surface area contributed by atoms with Crippen molar-refractivity contribution in [2.75, 3.05) is 0 Å². The average molecular weight is 181 g/mol. The van der Waals surface area contributed by atoms with Crippen LogP contribution in [0.3, 0.4) is 0 Å². The van der Waals surface area contributed by atoms with Gasteiger partial charge in [-0.05, 0) is 19.9 Å². The van der Waals surface area contributed by atoms with Crippen LogP contribution in [0.1, 0.15) is 19.4 Å². The second-order valence-electron chi connectivity index (χ2n) is 3.34. The molecule has 0 atom stereocenters. The van der Waals surface area contributed by atoms with Crippen LogP contribution in [0.4, 0.5) is 8.78 Å². The molecule has 1 aromatic rings. The molecular weight excluding hydrogens is 172 g/mol. The molecule has 0 fully saturated rings. The minimum Gasteiger partial charge on any atom is -0.204 e. The van der Waals surface area contributed by atoms with Crippen molar-refractivity contribution >= 4 is 0 Å². The highest BCUT2D eigenvalue weighted by Gasteiger charge is 2.24. The maximum absolute atomic E-state index is 13.2. The zero-order valence-corrected chi connectivity index (χ0v) is 7.44. The highest BCUT2D eigenvalue weighted by atomic mass is 19.2. The van der Waals surface area contributed by atoms with E-state index in [4.69, 9.17) is 5.26 Å². The van der Waals surface area contributed by atoms with Crippen molar-refractivity contribution in [2.24, 2.45) is 0 Å². The summed E-state index contributed by atoms with van der Waals surface area (Å²) in [7, 11) is 0. The van der Waals surface area contributed by atoms with Gasteiger partial charge >= 0.3 is 0 Å². The lowest BCUT2D eigenvalue weighted by Crippen LogP contribution is -2.16. The molecule has 0 N–H and O–H groups in total. The minimum atomic E-state index is -0.994. The monoisotopic (exact) mass is 181 g/mol. The third kappa shape index (κ3) is 1.67. The zero-order valence-electron chi connectivity index (χ0n) is 7.44. The van der Waals surface area contributed by atoms with E-state index in [-0.39, 0.29) is 5.56 Å². The first kappa shape index (κ1) is 9.66. The van der Waals surface area contributed by atoms with Crippen LogP contribution < -0.4 is 0 Å². The molecule has 0 aromatic heterocycles. The fourth-order valence-corrected chi connectivity index (χ4v) is 1.05. The van der Waals surface area contributed by atoms with Crippen molar-refractivity contribution in [1.82, 2.24) is 0 Å². The van der Waals surface area contributed by atoms with Crippen LogP contribution in [0.25, 0.3) is 0 Å². The Morgan fingerprint density at radius 3 is 2.46 bits per heavy atom. The normalized spacial score (nSPS) is 11.0. The number of hydrogen-bond acceptors (Lipinski definition) is 1. The van der Waals surface area contributed by atoms with E-state index in [1.54, 1.807) is 13.8 Å². The Labute approximate surface area is 75.6 Å². The fraction of sp³-hybridized carbons (Fsp3) is 0.300. The lowest BCUT2D eigenvalue weighted by molar-refractivity contribution is 0.481. The average Bonchev–Trinajstić information content (AvgIpc) is 2.09. The molecule has 0 spiro atoms. The van der Waals surface area contributed by atoms with Crippen LogP contribution in [-0.2, 0) is 5.41 Å². The summed E-state index contributed by atoms with van der Waals surface area (Å²) >= 11 is 0. The predicted molar refractivity (Wildman–Crippen MR) is 45.0 cm³/mol. The van der Waals surface area contributed by atoms with E-state index in [9.17, 15) is 8.78 Å². The maximum Gasteiger partial charge on any atom is 0.163 e. The highest BCUT2D eigenvalue weighted by molar-refractivity contribution is 5.31. The summed E-state index contributed by atoms with van der Waals surface area (Å²) in [6.07, 6.45) is 0. The quantitative estimate of drug-likeness (QED) is 0.653. The van der Waals surface area contributed by atoms with Gasteiger partial charge < -0.3 is 0 Å². The number of hydrogen-bond donors (Lipinski definition) is 0. The molecule has 0 saturated heterocycles. The lowest BCUT2D eigenvalue weighted by atomic mass is 9.86. The Bertz CT molecular complexity index is 364. The molecule has 0 aliphatic carbocycles. The van der Waals surface area contributed by atoms with Crippen LogP contribution in [0.2, 0.25) is 0 Å². The standard InChI is InChI=1S/C10H9F2N/c1-10(2,6-13)7-4-3-5-8(11)9(7)12/h3-5H,1-2H3. The molecule has 3 heteroatoms. The lowest BCUT2D eigenvalue weighted by Gasteiger charge is -2.16. The summed E-state index contributed by atoms with van der Waals surface area (Å²) in [6.45, 7) is 3.09. The molecule has 0 radical (unpaired) electrons. The van der Waals surface area contributed by atoms with Gasteiger partial charge in [-0.15, -0.1) is 0 Å². The summed E-state index contributed by atoms with van der Waals surface area (Å²) in [6, 6.07) is 5.77. The summed E-state index contributed by atoms with van der Waals surface area (Å²) in [5.74, 6) is -1.85. The predicted octanol–water partition coefficient (Wildman–Crippen LogP) is 2.77. The first-order chi connectivity index (χ1) is 5.99. The largest absolute Gasteiger partial charge is 0.204 e. The number of rotatable bonds is 1. The van der Waals surface area contributed by atoms with Crippen LogP contribution in [-0.4, -0.2) is 0 Å². The molecular formula is C10H9F2N. The van der Waals surface area contributed by atoms with Gasteiger partial charge in [0.05, 0.1) is 11.5 Å². The van der Waals surface area contributed by atoms with E-state index in [0.29, 0.717) is 0 Å². The number of benzene rings is 1. The Kier molecular flexibility index (Phi) is 2.33. The molecule has 0 saturated carbocycles. The van der Waals surface area contributed by atoms with Gasteiger partial charge in [0.2, 0.25) is 0 Å². The molecule has 68 valence electrons. The number of nitriles is 1. The van der Waals surface area contributed by atoms with Crippen molar-refractivity contribution in [3.05, 3.63) is 35.4 Å². The van der Waals surface area contributed by atoms with E-state index in [1.807, 2.05) is 6.07 Å². The van der Waals surface area contributed by atoms with Crippen LogP contribution in [0.15, 0.2) is 18.2 Å². The third-order valence-electron chi connectivity index (χ3n) is 1.90. The Morgan fingerprint density at radius 2 is 1.92 bits per heavy atom. The van der Waals surface area contributed by atoms with Crippen molar-refractivity contribution in [3.63, 3.8) is 0 Å². The molecule has 13 heavy (non-hydrogen) atoms. The Morgan fingerprint density at radius 1 is 1.31 bits per heavy atom. The molecule has 0 aliphatic heterocycles.